The molecule has 0 atom stereocenters. The van der Waals surface area contributed by atoms with Crippen molar-refractivity contribution in [1.82, 2.24) is 9.55 Å². The van der Waals surface area contributed by atoms with Crippen molar-refractivity contribution in [3.63, 3.8) is 0 Å². The first-order valence-electron chi connectivity index (χ1n) is 7.97. The number of benzene rings is 2. The number of aryl methyl sites for hydroxylation is 1. The van der Waals surface area contributed by atoms with Crippen LogP contribution in [0.3, 0.4) is 0 Å². The van der Waals surface area contributed by atoms with Gasteiger partial charge >= 0.3 is 6.61 Å². The monoisotopic (exact) mass is 413 g/mol. The van der Waals surface area contributed by atoms with Gasteiger partial charge in [-0.2, -0.15) is 8.78 Å². The maximum atomic E-state index is 12.2. The predicted molar refractivity (Wildman–Crippen MR) is 99.4 cm³/mol. The molecule has 0 fully saturated rings. The number of aromatic nitrogens is 2. The van der Waals surface area contributed by atoms with Gasteiger partial charge in [0.05, 0.1) is 15.9 Å². The first-order chi connectivity index (χ1) is 12.8. The van der Waals surface area contributed by atoms with Crippen LogP contribution < -0.4 is 9.88 Å². The number of hydrogen-bond donors (Lipinski definition) is 1. The smallest absolute Gasteiger partial charge is 0.387 e. The summed E-state index contributed by atoms with van der Waals surface area (Å²) in [4.78, 5) is 4.53. The van der Waals surface area contributed by atoms with Gasteiger partial charge in [-0.1, -0.05) is 23.9 Å². The molecule has 3 aromatic rings. The van der Waals surface area contributed by atoms with Gasteiger partial charge < -0.3 is 9.30 Å². The van der Waals surface area contributed by atoms with E-state index in [0.29, 0.717) is 17.8 Å². The van der Waals surface area contributed by atoms with Crippen LogP contribution in [0.1, 0.15) is 12.5 Å². The van der Waals surface area contributed by atoms with Gasteiger partial charge in [0.2, 0.25) is 10.0 Å². The van der Waals surface area contributed by atoms with Crippen molar-refractivity contribution in [2.75, 3.05) is 0 Å². The number of thioether (sulfide) groups is 1. The maximum absolute atomic E-state index is 12.2. The lowest BCUT2D eigenvalue weighted by atomic mass is 10.2. The lowest BCUT2D eigenvalue weighted by Gasteiger charge is -2.07. The standard InChI is InChI=1S/C17H17F2N3O3S2/c1-2-22-15-8-7-13(27(20,23)24)9-14(15)21-17(22)26-10-11-3-5-12(6-4-11)25-16(18)19/h3-9,16H,2,10H2,1H3,(H2,20,23,24). The Morgan fingerprint density at radius 1 is 1.22 bits per heavy atom. The van der Waals surface area contributed by atoms with E-state index in [2.05, 4.69) is 9.72 Å². The number of ether oxygens (including phenoxy) is 1. The van der Waals surface area contributed by atoms with Crippen LogP contribution in [-0.4, -0.2) is 24.6 Å². The molecule has 1 aromatic heterocycles. The molecule has 0 radical (unpaired) electrons. The largest absolute Gasteiger partial charge is 0.435 e. The van der Waals surface area contributed by atoms with E-state index in [0.717, 1.165) is 16.2 Å². The van der Waals surface area contributed by atoms with Gasteiger partial charge in [0.15, 0.2) is 5.16 Å². The van der Waals surface area contributed by atoms with E-state index < -0.39 is 16.6 Å². The highest BCUT2D eigenvalue weighted by molar-refractivity contribution is 7.98. The van der Waals surface area contributed by atoms with Gasteiger partial charge in [-0.05, 0) is 42.8 Å². The minimum absolute atomic E-state index is 0.0157. The predicted octanol–water partition coefficient (Wildman–Crippen LogP) is 3.60. The van der Waals surface area contributed by atoms with E-state index in [9.17, 15) is 17.2 Å². The van der Waals surface area contributed by atoms with E-state index in [1.54, 1.807) is 18.2 Å². The van der Waals surface area contributed by atoms with Crippen LogP contribution in [0.2, 0.25) is 0 Å². The summed E-state index contributed by atoms with van der Waals surface area (Å²) in [5, 5.41) is 5.91. The van der Waals surface area contributed by atoms with Crippen molar-refractivity contribution in [1.29, 1.82) is 0 Å². The summed E-state index contributed by atoms with van der Waals surface area (Å²) in [5.41, 5.74) is 2.28. The maximum Gasteiger partial charge on any atom is 0.387 e. The molecular weight excluding hydrogens is 396 g/mol. The molecule has 6 nitrogen and oxygen atoms in total. The summed E-state index contributed by atoms with van der Waals surface area (Å²) in [6.07, 6.45) is 0. The molecule has 0 amide bonds. The second-order valence-electron chi connectivity index (χ2n) is 5.65. The lowest BCUT2D eigenvalue weighted by molar-refractivity contribution is -0.0498. The number of imidazole rings is 1. The highest BCUT2D eigenvalue weighted by Crippen LogP contribution is 2.28. The summed E-state index contributed by atoms with van der Waals surface area (Å²) in [7, 11) is -3.79. The number of hydrogen-bond acceptors (Lipinski definition) is 5. The second kappa shape index (κ2) is 7.83. The summed E-state index contributed by atoms with van der Waals surface area (Å²) >= 11 is 1.47. The Bertz CT molecular complexity index is 1050. The molecule has 0 saturated heterocycles. The highest BCUT2D eigenvalue weighted by Gasteiger charge is 2.14. The molecule has 0 aliphatic heterocycles. The molecule has 3 rings (SSSR count). The van der Waals surface area contributed by atoms with Gasteiger partial charge in [-0.3, -0.25) is 0 Å². The Balaban J connectivity index is 1.82. The van der Waals surface area contributed by atoms with Crippen LogP contribution in [0, 0.1) is 0 Å². The molecule has 0 aliphatic rings. The second-order valence-corrected chi connectivity index (χ2v) is 8.15. The third kappa shape index (κ3) is 4.57. The molecule has 27 heavy (non-hydrogen) atoms. The van der Waals surface area contributed by atoms with Crippen molar-refractivity contribution in [2.45, 2.75) is 35.9 Å². The Hall–Kier alpha value is -2.17. The van der Waals surface area contributed by atoms with E-state index in [1.807, 2.05) is 11.5 Å². The fraction of sp³-hybridized carbons (Fsp3) is 0.235. The quantitative estimate of drug-likeness (QED) is 0.598. The molecule has 144 valence electrons. The summed E-state index contributed by atoms with van der Waals surface area (Å²) in [6.45, 7) is -0.221. The van der Waals surface area contributed by atoms with Gasteiger partial charge in [0, 0.05) is 12.3 Å². The molecule has 1 heterocycles. The van der Waals surface area contributed by atoms with Crippen LogP contribution >= 0.6 is 11.8 Å². The van der Waals surface area contributed by atoms with Crippen molar-refractivity contribution in [3.05, 3.63) is 48.0 Å². The number of rotatable bonds is 7. The zero-order valence-corrected chi connectivity index (χ0v) is 15.9. The Morgan fingerprint density at radius 3 is 2.52 bits per heavy atom. The molecular formula is C17H17F2N3O3S2. The SMILES string of the molecule is CCn1c(SCc2ccc(OC(F)F)cc2)nc2cc(S(N)(=O)=O)ccc21. The fourth-order valence-electron chi connectivity index (χ4n) is 2.60. The molecule has 2 N–H and O–H groups in total. The number of nitrogens with two attached hydrogens (primary N) is 1. The normalized spacial score (nSPS) is 12.0. The molecule has 2 aromatic carbocycles. The van der Waals surface area contributed by atoms with E-state index in [1.165, 1.54) is 36.0 Å². The van der Waals surface area contributed by atoms with Crippen molar-refractivity contribution < 1.29 is 21.9 Å². The fourth-order valence-corrected chi connectivity index (χ4v) is 4.16. The van der Waals surface area contributed by atoms with Gasteiger partial charge in [-0.15, -0.1) is 0 Å². The molecule has 0 unspecified atom stereocenters. The third-order valence-corrected chi connectivity index (χ3v) is 5.80. The number of primary sulfonamides is 1. The van der Waals surface area contributed by atoms with Crippen molar-refractivity contribution >= 4 is 32.8 Å². The van der Waals surface area contributed by atoms with Crippen LogP contribution in [0.25, 0.3) is 11.0 Å². The molecule has 0 aliphatic carbocycles. The summed E-state index contributed by atoms with van der Waals surface area (Å²) < 4.78 is 53.7. The first-order valence-corrected chi connectivity index (χ1v) is 10.5. The van der Waals surface area contributed by atoms with Crippen LogP contribution in [0.5, 0.6) is 5.75 Å². The molecule has 10 heteroatoms. The number of nitrogens with zero attached hydrogens (tertiary/aromatic N) is 2. The Labute approximate surface area is 159 Å². The summed E-state index contributed by atoms with van der Waals surface area (Å²) in [5.74, 6) is 0.676. The third-order valence-electron chi connectivity index (χ3n) is 3.85. The van der Waals surface area contributed by atoms with E-state index in [-0.39, 0.29) is 10.6 Å². The lowest BCUT2D eigenvalue weighted by Crippen LogP contribution is -2.11. The minimum atomic E-state index is -3.79. The van der Waals surface area contributed by atoms with Crippen molar-refractivity contribution in [3.8, 4) is 5.75 Å². The average Bonchev–Trinajstić information content (AvgIpc) is 2.96. The zero-order chi connectivity index (χ0) is 19.6. The van der Waals surface area contributed by atoms with Gasteiger partial charge in [0.25, 0.3) is 0 Å². The molecule has 0 bridgehead atoms. The topological polar surface area (TPSA) is 87.2 Å². The van der Waals surface area contributed by atoms with Gasteiger partial charge in [0.1, 0.15) is 5.75 Å². The highest BCUT2D eigenvalue weighted by atomic mass is 32.2. The van der Waals surface area contributed by atoms with Crippen LogP contribution in [-0.2, 0) is 22.3 Å². The number of halogens is 2. The van der Waals surface area contributed by atoms with E-state index >= 15 is 0 Å². The Kier molecular flexibility index (Phi) is 5.68. The number of sulfonamides is 1. The molecule has 0 spiro atoms. The first kappa shape index (κ1) is 19.6. The number of alkyl halides is 2. The molecule has 0 saturated carbocycles. The number of fused-ring (bicyclic) bond motifs is 1. The van der Waals surface area contributed by atoms with Crippen molar-refractivity contribution in [2.24, 2.45) is 5.14 Å². The van der Waals surface area contributed by atoms with Gasteiger partial charge in [-0.25, -0.2) is 18.5 Å². The Morgan fingerprint density at radius 2 is 1.93 bits per heavy atom. The van der Waals surface area contributed by atoms with Crippen LogP contribution in [0.4, 0.5) is 8.78 Å². The van der Waals surface area contributed by atoms with Crippen LogP contribution in [0.15, 0.2) is 52.5 Å². The zero-order valence-electron chi connectivity index (χ0n) is 14.3. The van der Waals surface area contributed by atoms with E-state index in [4.69, 9.17) is 5.14 Å². The minimum Gasteiger partial charge on any atom is -0.435 e. The summed E-state index contributed by atoms with van der Waals surface area (Å²) in [6, 6.07) is 11.0. The average molecular weight is 413 g/mol.